The van der Waals surface area contributed by atoms with Crippen LogP contribution in [0.15, 0.2) is 24.3 Å². The Hall–Kier alpha value is -1.13. The normalized spacial score (nSPS) is 31.1. The van der Waals surface area contributed by atoms with Crippen molar-refractivity contribution in [3.05, 3.63) is 35.6 Å². The van der Waals surface area contributed by atoms with Crippen LogP contribution in [0.1, 0.15) is 44.2 Å². The van der Waals surface area contributed by atoms with Gasteiger partial charge in [0.15, 0.2) is 0 Å². The Balaban J connectivity index is 0.00000176. The Labute approximate surface area is 137 Å². The summed E-state index contributed by atoms with van der Waals surface area (Å²) in [6.45, 7) is 2.92. The Kier molecular flexibility index (Phi) is 5.45. The van der Waals surface area contributed by atoms with E-state index >= 15 is 0 Å². The Morgan fingerprint density at radius 1 is 1.32 bits per heavy atom. The summed E-state index contributed by atoms with van der Waals surface area (Å²) in [6.07, 6.45) is 3.53. The van der Waals surface area contributed by atoms with E-state index in [4.69, 9.17) is 5.73 Å². The van der Waals surface area contributed by atoms with Crippen LogP contribution in [0.3, 0.4) is 0 Å². The fourth-order valence-corrected chi connectivity index (χ4v) is 3.79. The Bertz CT molecular complexity index is 539. The van der Waals surface area contributed by atoms with Crippen molar-refractivity contribution >= 4 is 18.3 Å². The van der Waals surface area contributed by atoms with Gasteiger partial charge in [0.1, 0.15) is 5.82 Å². The fourth-order valence-electron chi connectivity index (χ4n) is 3.79. The molecule has 1 aliphatic carbocycles. The molecule has 22 heavy (non-hydrogen) atoms. The van der Waals surface area contributed by atoms with Crippen LogP contribution in [0.4, 0.5) is 4.39 Å². The maximum Gasteiger partial charge on any atom is 0.226 e. The molecule has 4 unspecified atom stereocenters. The first-order valence-electron chi connectivity index (χ1n) is 7.86. The number of nitrogens with zero attached hydrogens (tertiary/aromatic N) is 1. The van der Waals surface area contributed by atoms with Gasteiger partial charge in [0, 0.05) is 18.5 Å². The van der Waals surface area contributed by atoms with Gasteiger partial charge in [-0.25, -0.2) is 4.39 Å². The second-order valence-electron chi connectivity index (χ2n) is 6.67. The number of amides is 1. The number of likely N-dealkylation sites (tertiary alicyclic amines) is 1. The van der Waals surface area contributed by atoms with Gasteiger partial charge in [-0.2, -0.15) is 0 Å². The monoisotopic (exact) mass is 326 g/mol. The number of hydrogen-bond acceptors (Lipinski definition) is 2. The van der Waals surface area contributed by atoms with Gasteiger partial charge in [0.2, 0.25) is 5.91 Å². The van der Waals surface area contributed by atoms with Gasteiger partial charge < -0.3 is 10.6 Å². The lowest BCUT2D eigenvalue weighted by molar-refractivity contribution is -0.136. The van der Waals surface area contributed by atoms with E-state index in [0.717, 1.165) is 37.8 Å². The van der Waals surface area contributed by atoms with E-state index in [1.165, 1.54) is 6.07 Å². The average molecular weight is 327 g/mol. The standard InChI is InChI=1S/C17H23FN2O.ClH/c1-11-7-16(12-3-2-4-14(18)8-12)20(10-11)17(21)13-5-6-15(19)9-13;/h2-4,8,11,13,15-16H,5-7,9-10,19H2,1H3;1H. The summed E-state index contributed by atoms with van der Waals surface area (Å²) in [6, 6.07) is 6.83. The van der Waals surface area contributed by atoms with Crippen molar-refractivity contribution in [2.24, 2.45) is 17.6 Å². The van der Waals surface area contributed by atoms with Crippen LogP contribution in [0.5, 0.6) is 0 Å². The second-order valence-corrected chi connectivity index (χ2v) is 6.67. The number of carbonyl (C=O) groups excluding carboxylic acids is 1. The zero-order valence-electron chi connectivity index (χ0n) is 12.9. The van der Waals surface area contributed by atoms with Gasteiger partial charge in [-0.1, -0.05) is 19.1 Å². The highest BCUT2D eigenvalue weighted by Gasteiger charge is 2.39. The molecule has 5 heteroatoms. The van der Waals surface area contributed by atoms with E-state index in [0.29, 0.717) is 5.92 Å². The van der Waals surface area contributed by atoms with E-state index in [-0.39, 0.29) is 42.1 Å². The van der Waals surface area contributed by atoms with Crippen LogP contribution in [-0.2, 0) is 4.79 Å². The second kappa shape index (κ2) is 6.97. The lowest BCUT2D eigenvalue weighted by Gasteiger charge is -2.28. The van der Waals surface area contributed by atoms with Crippen LogP contribution in [0, 0.1) is 17.7 Å². The maximum absolute atomic E-state index is 13.5. The Morgan fingerprint density at radius 3 is 2.73 bits per heavy atom. The molecule has 2 N–H and O–H groups in total. The van der Waals surface area contributed by atoms with Crippen LogP contribution < -0.4 is 5.73 Å². The minimum atomic E-state index is -0.234. The fraction of sp³-hybridized carbons (Fsp3) is 0.588. The highest BCUT2D eigenvalue weighted by atomic mass is 35.5. The van der Waals surface area contributed by atoms with Crippen molar-refractivity contribution in [2.75, 3.05) is 6.54 Å². The van der Waals surface area contributed by atoms with E-state index in [2.05, 4.69) is 6.92 Å². The van der Waals surface area contributed by atoms with Gasteiger partial charge in [0.25, 0.3) is 0 Å². The molecule has 0 radical (unpaired) electrons. The molecule has 4 atom stereocenters. The van der Waals surface area contributed by atoms with E-state index in [9.17, 15) is 9.18 Å². The molecule has 1 aromatic rings. The first-order chi connectivity index (χ1) is 10.0. The van der Waals surface area contributed by atoms with Gasteiger partial charge in [-0.15, -0.1) is 12.4 Å². The molecule has 0 spiro atoms. The van der Waals surface area contributed by atoms with Gasteiger partial charge in [0.05, 0.1) is 6.04 Å². The predicted molar refractivity (Wildman–Crippen MR) is 87.2 cm³/mol. The van der Waals surface area contributed by atoms with Crippen molar-refractivity contribution in [1.82, 2.24) is 4.90 Å². The highest BCUT2D eigenvalue weighted by Crippen LogP contribution is 2.38. The molecule has 2 aliphatic rings. The molecule has 1 saturated heterocycles. The predicted octanol–water partition coefficient (Wildman–Crippen LogP) is 3.28. The molecule has 1 aliphatic heterocycles. The first kappa shape index (κ1) is 17.2. The molecule has 2 fully saturated rings. The van der Waals surface area contributed by atoms with Crippen molar-refractivity contribution in [2.45, 2.75) is 44.7 Å². The molecule has 1 amide bonds. The molecular weight excluding hydrogens is 303 g/mol. The molecular formula is C17H24ClFN2O. The molecule has 0 aromatic heterocycles. The molecule has 3 nitrogen and oxygen atoms in total. The number of rotatable bonds is 2. The van der Waals surface area contributed by atoms with E-state index in [1.807, 2.05) is 11.0 Å². The highest BCUT2D eigenvalue weighted by molar-refractivity contribution is 5.85. The number of hydrogen-bond donors (Lipinski definition) is 1. The van der Waals surface area contributed by atoms with E-state index in [1.54, 1.807) is 12.1 Å². The van der Waals surface area contributed by atoms with Crippen LogP contribution >= 0.6 is 12.4 Å². The molecule has 0 bridgehead atoms. The molecule has 1 heterocycles. The minimum absolute atomic E-state index is 0. The minimum Gasteiger partial charge on any atom is -0.335 e. The van der Waals surface area contributed by atoms with Crippen LogP contribution in [0.2, 0.25) is 0 Å². The first-order valence-corrected chi connectivity index (χ1v) is 7.86. The third-order valence-corrected chi connectivity index (χ3v) is 4.85. The lowest BCUT2D eigenvalue weighted by Crippen LogP contribution is -2.36. The van der Waals surface area contributed by atoms with Crippen LogP contribution in [0.25, 0.3) is 0 Å². The van der Waals surface area contributed by atoms with Gasteiger partial charge in [-0.05, 0) is 49.3 Å². The topological polar surface area (TPSA) is 46.3 Å². The zero-order chi connectivity index (χ0) is 15.0. The summed E-state index contributed by atoms with van der Waals surface area (Å²) in [5, 5.41) is 0. The summed E-state index contributed by atoms with van der Waals surface area (Å²) >= 11 is 0. The average Bonchev–Trinajstić information content (AvgIpc) is 3.04. The summed E-state index contributed by atoms with van der Waals surface area (Å²) in [4.78, 5) is 14.7. The molecule has 1 aromatic carbocycles. The number of carbonyl (C=O) groups is 1. The lowest BCUT2D eigenvalue weighted by atomic mass is 9.99. The maximum atomic E-state index is 13.5. The molecule has 3 rings (SSSR count). The summed E-state index contributed by atoms with van der Waals surface area (Å²) in [7, 11) is 0. The number of benzene rings is 1. The summed E-state index contributed by atoms with van der Waals surface area (Å²) in [5.41, 5.74) is 6.85. The SMILES string of the molecule is CC1CC(c2cccc(F)c2)N(C(=O)C2CCC(N)C2)C1.Cl. The largest absolute Gasteiger partial charge is 0.335 e. The zero-order valence-corrected chi connectivity index (χ0v) is 13.7. The van der Waals surface area contributed by atoms with E-state index < -0.39 is 0 Å². The Morgan fingerprint density at radius 2 is 2.09 bits per heavy atom. The van der Waals surface area contributed by atoms with Crippen molar-refractivity contribution in [3.63, 3.8) is 0 Å². The molecule has 1 saturated carbocycles. The molecule has 122 valence electrons. The summed E-state index contributed by atoms with van der Waals surface area (Å²) in [5.74, 6) is 0.488. The third kappa shape index (κ3) is 3.44. The van der Waals surface area contributed by atoms with Gasteiger partial charge >= 0.3 is 0 Å². The summed E-state index contributed by atoms with van der Waals surface area (Å²) < 4.78 is 13.5. The smallest absolute Gasteiger partial charge is 0.226 e. The van der Waals surface area contributed by atoms with Gasteiger partial charge in [-0.3, -0.25) is 4.79 Å². The number of halogens is 2. The van der Waals surface area contributed by atoms with Crippen molar-refractivity contribution < 1.29 is 9.18 Å². The van der Waals surface area contributed by atoms with Crippen molar-refractivity contribution in [1.29, 1.82) is 0 Å². The van der Waals surface area contributed by atoms with Crippen molar-refractivity contribution in [3.8, 4) is 0 Å². The third-order valence-electron chi connectivity index (χ3n) is 4.85. The van der Waals surface area contributed by atoms with Crippen LogP contribution in [-0.4, -0.2) is 23.4 Å². The quantitative estimate of drug-likeness (QED) is 0.906. The number of nitrogens with two attached hydrogens (primary N) is 1.